The molecule has 1 aromatic heterocycles. The first-order valence-corrected chi connectivity index (χ1v) is 13.8. The molecule has 0 fully saturated rings. The zero-order valence-electron chi connectivity index (χ0n) is 22.8. The van der Waals surface area contributed by atoms with E-state index in [1.807, 2.05) is 30.3 Å². The Labute approximate surface area is 232 Å². The number of benzene rings is 3. The Kier molecular flexibility index (Phi) is 7.86. The second-order valence-electron chi connectivity index (χ2n) is 9.97. The predicted molar refractivity (Wildman–Crippen MR) is 153 cm³/mol. The van der Waals surface area contributed by atoms with E-state index in [1.165, 1.54) is 49.1 Å². The van der Waals surface area contributed by atoms with Crippen LogP contribution in [0.25, 0.3) is 28.2 Å². The highest BCUT2D eigenvalue weighted by Crippen LogP contribution is 2.39. The Morgan fingerprint density at radius 1 is 0.900 bits per heavy atom. The number of ether oxygens (including phenoxy) is 3. The zero-order chi connectivity index (χ0) is 29.2. The average molecular weight is 563 g/mol. The van der Waals surface area contributed by atoms with Gasteiger partial charge in [0.2, 0.25) is 10.0 Å². The molecule has 3 aromatic carbocycles. The average Bonchev–Trinajstić information content (AvgIpc) is 3.29. The lowest BCUT2D eigenvalue weighted by Gasteiger charge is -2.21. The highest BCUT2D eigenvalue weighted by atomic mass is 32.2. The van der Waals surface area contributed by atoms with E-state index in [9.17, 15) is 18.0 Å². The fraction of sp³-hybridized carbons (Fsp3) is 0.200. The summed E-state index contributed by atoms with van der Waals surface area (Å²) in [7, 11) is -0.856. The summed E-state index contributed by atoms with van der Waals surface area (Å²) in [5, 5.41) is 5.97. The first-order valence-electron chi connectivity index (χ1n) is 12.3. The van der Waals surface area contributed by atoms with Gasteiger partial charge in [0.25, 0.3) is 0 Å². The Hall–Kier alpha value is -4.41. The van der Waals surface area contributed by atoms with Gasteiger partial charge >= 0.3 is 6.09 Å². The number of hydrogen-bond acceptors (Lipinski definition) is 7. The van der Waals surface area contributed by atoms with Crippen LogP contribution in [0, 0.1) is 0 Å². The monoisotopic (exact) mass is 562 g/mol. The smallest absolute Gasteiger partial charge is 0.419 e. The first kappa shape index (κ1) is 28.6. The van der Waals surface area contributed by atoms with Crippen molar-refractivity contribution in [2.75, 3.05) is 14.2 Å². The first-order chi connectivity index (χ1) is 18.8. The van der Waals surface area contributed by atoms with Crippen LogP contribution >= 0.6 is 0 Å². The molecule has 0 atom stereocenters. The SMILES string of the molecule is COc1cc(OC)c(-c2cc3ccccc3n2C(=O)OC(C)(C)C)cc1C=CC(=O)c1ccc(S(N)(=O)=O)cc1. The maximum absolute atomic E-state index is 13.4. The summed E-state index contributed by atoms with van der Waals surface area (Å²) in [6, 6.07) is 18.1. The van der Waals surface area contributed by atoms with Crippen LogP contribution < -0.4 is 14.6 Å². The number of aromatic nitrogens is 1. The van der Waals surface area contributed by atoms with Crippen molar-refractivity contribution in [2.45, 2.75) is 31.3 Å². The molecule has 0 radical (unpaired) electrons. The summed E-state index contributed by atoms with van der Waals surface area (Å²) in [4.78, 5) is 26.1. The van der Waals surface area contributed by atoms with Gasteiger partial charge in [0.1, 0.15) is 17.1 Å². The van der Waals surface area contributed by atoms with E-state index in [1.54, 1.807) is 39.0 Å². The maximum Gasteiger partial charge on any atom is 0.419 e. The standard InChI is InChI=1S/C30H30N2O7S/c1-30(2,3)39-29(34)32-24-9-7-6-8-20(24)17-25(32)23-16-21(27(37-4)18-28(23)38-5)12-15-26(33)19-10-13-22(14-11-19)40(31,35)36/h6-18H,1-5H3,(H2,31,35,36). The third-order valence-corrected chi connectivity index (χ3v) is 6.93. The summed E-state index contributed by atoms with van der Waals surface area (Å²) < 4.78 is 41.5. The lowest BCUT2D eigenvalue weighted by atomic mass is 10.0. The molecule has 208 valence electrons. The molecule has 0 aliphatic heterocycles. The molecular weight excluding hydrogens is 532 g/mol. The van der Waals surface area contributed by atoms with Gasteiger partial charge in [-0.15, -0.1) is 0 Å². The van der Waals surface area contributed by atoms with Crippen molar-refractivity contribution in [2.24, 2.45) is 5.14 Å². The van der Waals surface area contributed by atoms with Crippen LogP contribution in [0.3, 0.4) is 0 Å². The van der Waals surface area contributed by atoms with Crippen LogP contribution in [0.4, 0.5) is 4.79 Å². The number of primary sulfonamides is 1. The molecular formula is C30H30N2O7S. The van der Waals surface area contributed by atoms with Crippen LogP contribution in [0.15, 0.2) is 77.7 Å². The molecule has 0 saturated heterocycles. The number of nitrogens with two attached hydrogens (primary N) is 1. The zero-order valence-corrected chi connectivity index (χ0v) is 23.6. The number of methoxy groups -OCH3 is 2. The Bertz CT molecular complexity index is 1730. The van der Waals surface area contributed by atoms with Gasteiger partial charge in [-0.25, -0.2) is 22.9 Å². The van der Waals surface area contributed by atoms with Crippen molar-refractivity contribution in [3.63, 3.8) is 0 Å². The third-order valence-electron chi connectivity index (χ3n) is 6.00. The molecule has 0 amide bonds. The van der Waals surface area contributed by atoms with E-state index < -0.39 is 21.7 Å². The van der Waals surface area contributed by atoms with Gasteiger partial charge in [0.15, 0.2) is 5.78 Å². The number of allylic oxidation sites excluding steroid dienone is 1. The van der Waals surface area contributed by atoms with Gasteiger partial charge in [0.05, 0.1) is 30.3 Å². The Morgan fingerprint density at radius 2 is 1.55 bits per heavy atom. The van der Waals surface area contributed by atoms with E-state index in [0.29, 0.717) is 33.8 Å². The number of carbonyl (C=O) groups is 2. The molecule has 9 nitrogen and oxygen atoms in total. The van der Waals surface area contributed by atoms with Crippen LogP contribution in [0.2, 0.25) is 0 Å². The number of sulfonamides is 1. The third kappa shape index (κ3) is 6.08. The molecule has 0 aliphatic rings. The van der Waals surface area contributed by atoms with Crippen molar-refractivity contribution >= 4 is 38.9 Å². The second kappa shape index (κ2) is 11.0. The van der Waals surface area contributed by atoms with Crippen molar-refractivity contribution in [1.29, 1.82) is 0 Å². The van der Waals surface area contributed by atoms with E-state index in [-0.39, 0.29) is 16.2 Å². The van der Waals surface area contributed by atoms with Gasteiger partial charge < -0.3 is 14.2 Å². The fourth-order valence-corrected chi connectivity index (χ4v) is 4.70. The molecule has 4 aromatic rings. The largest absolute Gasteiger partial charge is 0.496 e. The minimum absolute atomic E-state index is 0.0881. The Balaban J connectivity index is 1.81. The van der Waals surface area contributed by atoms with Crippen LogP contribution in [0.1, 0.15) is 36.7 Å². The molecule has 1 heterocycles. The number of para-hydroxylation sites is 1. The van der Waals surface area contributed by atoms with E-state index >= 15 is 0 Å². The number of rotatable bonds is 7. The number of nitrogens with zero attached hydrogens (tertiary/aromatic N) is 1. The summed E-state index contributed by atoms with van der Waals surface area (Å²) >= 11 is 0. The van der Waals surface area contributed by atoms with Crippen molar-refractivity contribution in [1.82, 2.24) is 4.57 Å². The maximum atomic E-state index is 13.4. The van der Waals surface area contributed by atoms with E-state index in [0.717, 1.165) is 5.39 Å². The second-order valence-corrected chi connectivity index (χ2v) is 11.5. The molecule has 0 saturated carbocycles. The lowest BCUT2D eigenvalue weighted by molar-refractivity contribution is 0.0547. The molecule has 10 heteroatoms. The molecule has 0 aliphatic carbocycles. The van der Waals surface area contributed by atoms with Crippen molar-refractivity contribution in [3.8, 4) is 22.8 Å². The minimum atomic E-state index is -3.87. The summed E-state index contributed by atoms with van der Waals surface area (Å²) in [6.45, 7) is 5.39. The fourth-order valence-electron chi connectivity index (χ4n) is 4.18. The quantitative estimate of drug-likeness (QED) is 0.228. The van der Waals surface area contributed by atoms with Gasteiger partial charge in [-0.1, -0.05) is 18.2 Å². The number of carbonyl (C=O) groups excluding carboxylic acids is 2. The highest BCUT2D eigenvalue weighted by Gasteiger charge is 2.25. The van der Waals surface area contributed by atoms with Gasteiger partial charge in [-0.3, -0.25) is 4.79 Å². The predicted octanol–water partition coefficient (Wildman–Crippen LogP) is 5.65. The Morgan fingerprint density at radius 3 is 2.15 bits per heavy atom. The molecule has 0 spiro atoms. The topological polar surface area (TPSA) is 127 Å². The van der Waals surface area contributed by atoms with Crippen molar-refractivity contribution < 1.29 is 32.2 Å². The minimum Gasteiger partial charge on any atom is -0.496 e. The highest BCUT2D eigenvalue weighted by molar-refractivity contribution is 7.89. The summed E-state index contributed by atoms with van der Waals surface area (Å²) in [5.74, 6) is 0.531. The van der Waals surface area contributed by atoms with Crippen LogP contribution in [-0.2, 0) is 14.8 Å². The normalized spacial score (nSPS) is 12.1. The van der Waals surface area contributed by atoms with Crippen LogP contribution in [-0.4, -0.2) is 44.7 Å². The van der Waals surface area contributed by atoms with Crippen LogP contribution in [0.5, 0.6) is 11.5 Å². The number of fused-ring (bicyclic) bond motifs is 1. The molecule has 2 N–H and O–H groups in total. The summed E-state index contributed by atoms with van der Waals surface area (Å²) in [6.07, 6.45) is 2.39. The van der Waals surface area contributed by atoms with Gasteiger partial charge in [-0.05, 0) is 75.4 Å². The lowest BCUT2D eigenvalue weighted by Crippen LogP contribution is -2.27. The molecule has 0 unspecified atom stereocenters. The molecule has 4 rings (SSSR count). The summed E-state index contributed by atoms with van der Waals surface area (Å²) in [5.41, 5.74) is 1.89. The van der Waals surface area contributed by atoms with E-state index in [2.05, 4.69) is 0 Å². The van der Waals surface area contributed by atoms with Gasteiger partial charge in [0, 0.05) is 28.1 Å². The number of ketones is 1. The van der Waals surface area contributed by atoms with Gasteiger partial charge in [-0.2, -0.15) is 0 Å². The molecule has 40 heavy (non-hydrogen) atoms. The van der Waals surface area contributed by atoms with Crippen molar-refractivity contribution in [3.05, 3.63) is 83.9 Å². The number of hydrogen-bond donors (Lipinski definition) is 1. The molecule has 0 bridgehead atoms. The van der Waals surface area contributed by atoms with E-state index in [4.69, 9.17) is 19.3 Å².